The highest BCUT2D eigenvalue weighted by Gasteiger charge is 2.10. The first-order chi connectivity index (χ1) is 12.5. The maximum Gasteiger partial charge on any atom is 0.309 e. The number of ether oxygens (including phenoxy) is 2. The molecule has 0 radical (unpaired) electrons. The van der Waals surface area contributed by atoms with Crippen LogP contribution in [0.5, 0.6) is 5.75 Å². The maximum atomic E-state index is 11.2. The van der Waals surface area contributed by atoms with Gasteiger partial charge in [-0.2, -0.15) is 0 Å². The minimum Gasteiger partial charge on any atom is -0.492 e. The lowest BCUT2D eigenvalue weighted by Gasteiger charge is -2.18. The Labute approximate surface area is 158 Å². The van der Waals surface area contributed by atoms with Crippen LogP contribution in [0.3, 0.4) is 0 Å². The van der Waals surface area contributed by atoms with Crippen LogP contribution in [0.1, 0.15) is 24.2 Å². The van der Waals surface area contributed by atoms with E-state index in [2.05, 4.69) is 10.1 Å². The van der Waals surface area contributed by atoms with Crippen molar-refractivity contribution in [3.63, 3.8) is 0 Å². The minimum atomic E-state index is -0.631. The second-order valence-corrected chi connectivity index (χ2v) is 6.52. The van der Waals surface area contributed by atoms with Crippen molar-refractivity contribution in [2.75, 3.05) is 20.3 Å². The lowest BCUT2D eigenvalue weighted by molar-refractivity contribution is -0.139. The van der Waals surface area contributed by atoms with Crippen LogP contribution in [0.4, 0.5) is 0 Å². The Balaban J connectivity index is 1.74. The standard InChI is InChI=1S/C20H24ClNO4/c1-14(22-12-19(23)16-4-3-5-17(21)11-16)13-26-18-8-6-15(7-9-18)10-20(24)25-2/h3-9,11,14,19,22-23H,10,12-13H2,1-2H3/t14-,19?/m1/s1. The molecule has 2 rings (SSSR count). The summed E-state index contributed by atoms with van der Waals surface area (Å²) < 4.78 is 10.4. The summed E-state index contributed by atoms with van der Waals surface area (Å²) in [6.45, 7) is 2.85. The first-order valence-corrected chi connectivity index (χ1v) is 8.81. The zero-order chi connectivity index (χ0) is 18.9. The van der Waals surface area contributed by atoms with Gasteiger partial charge in [0.1, 0.15) is 12.4 Å². The molecule has 0 saturated carbocycles. The van der Waals surface area contributed by atoms with Crippen molar-refractivity contribution in [3.8, 4) is 5.75 Å². The number of rotatable bonds is 9. The van der Waals surface area contributed by atoms with E-state index < -0.39 is 6.10 Å². The molecule has 0 spiro atoms. The van der Waals surface area contributed by atoms with Gasteiger partial charge in [-0.1, -0.05) is 35.9 Å². The second kappa shape index (κ2) is 10.2. The van der Waals surface area contributed by atoms with E-state index in [0.717, 1.165) is 16.9 Å². The molecule has 2 aromatic rings. The Morgan fingerprint density at radius 3 is 2.62 bits per heavy atom. The highest BCUT2D eigenvalue weighted by atomic mass is 35.5. The van der Waals surface area contributed by atoms with E-state index in [-0.39, 0.29) is 18.4 Å². The minimum absolute atomic E-state index is 0.0542. The number of benzene rings is 2. The lowest BCUT2D eigenvalue weighted by atomic mass is 10.1. The number of carbonyl (C=O) groups is 1. The normalized spacial score (nSPS) is 13.1. The number of aliphatic hydroxyl groups is 1. The van der Waals surface area contributed by atoms with Crippen LogP contribution in [-0.2, 0) is 16.0 Å². The average Bonchev–Trinajstić information content (AvgIpc) is 2.65. The summed E-state index contributed by atoms with van der Waals surface area (Å²) in [5.74, 6) is 0.456. The molecule has 0 aromatic heterocycles. The van der Waals surface area contributed by atoms with E-state index >= 15 is 0 Å². The number of hydrogen-bond donors (Lipinski definition) is 2. The Morgan fingerprint density at radius 2 is 1.96 bits per heavy atom. The fraction of sp³-hybridized carbons (Fsp3) is 0.350. The van der Waals surface area contributed by atoms with Crippen LogP contribution in [0.25, 0.3) is 0 Å². The predicted octanol–water partition coefficient (Wildman–Crippen LogP) is 3.15. The molecule has 0 fully saturated rings. The van der Waals surface area contributed by atoms with Gasteiger partial charge in [0.2, 0.25) is 0 Å². The Bertz CT molecular complexity index is 705. The zero-order valence-electron chi connectivity index (χ0n) is 14.9. The van der Waals surface area contributed by atoms with E-state index in [4.69, 9.17) is 16.3 Å². The van der Waals surface area contributed by atoms with Crippen LogP contribution in [0, 0.1) is 0 Å². The third kappa shape index (κ3) is 6.67. The van der Waals surface area contributed by atoms with Gasteiger partial charge in [0.25, 0.3) is 0 Å². The summed E-state index contributed by atoms with van der Waals surface area (Å²) in [6, 6.07) is 14.6. The summed E-state index contributed by atoms with van der Waals surface area (Å²) in [4.78, 5) is 11.2. The van der Waals surface area contributed by atoms with Crippen molar-refractivity contribution in [1.29, 1.82) is 0 Å². The molecule has 0 saturated heterocycles. The van der Waals surface area contributed by atoms with E-state index in [1.54, 1.807) is 12.1 Å². The number of nitrogens with one attached hydrogen (secondary N) is 1. The van der Waals surface area contributed by atoms with Crippen LogP contribution in [-0.4, -0.2) is 37.4 Å². The molecule has 2 N–H and O–H groups in total. The van der Waals surface area contributed by atoms with Gasteiger partial charge < -0.3 is 19.9 Å². The number of esters is 1. The van der Waals surface area contributed by atoms with Crippen molar-refractivity contribution in [1.82, 2.24) is 5.32 Å². The zero-order valence-corrected chi connectivity index (χ0v) is 15.7. The average molecular weight is 378 g/mol. The molecule has 0 aliphatic carbocycles. The van der Waals surface area contributed by atoms with Crippen LogP contribution < -0.4 is 10.1 Å². The molecule has 2 atom stereocenters. The molecular weight excluding hydrogens is 354 g/mol. The molecule has 5 nitrogen and oxygen atoms in total. The van der Waals surface area contributed by atoms with Crippen LogP contribution in [0.2, 0.25) is 5.02 Å². The Kier molecular flexibility index (Phi) is 7.91. The molecule has 0 aliphatic heterocycles. The first-order valence-electron chi connectivity index (χ1n) is 8.43. The fourth-order valence-corrected chi connectivity index (χ4v) is 2.57. The molecule has 6 heteroatoms. The van der Waals surface area contributed by atoms with Gasteiger partial charge in [0.05, 0.1) is 19.6 Å². The Hall–Kier alpha value is -2.08. The largest absolute Gasteiger partial charge is 0.492 e. The smallest absolute Gasteiger partial charge is 0.309 e. The second-order valence-electron chi connectivity index (χ2n) is 6.09. The topological polar surface area (TPSA) is 67.8 Å². The number of aliphatic hydroxyl groups excluding tert-OH is 1. The third-order valence-electron chi connectivity index (χ3n) is 3.89. The monoisotopic (exact) mass is 377 g/mol. The van der Waals surface area contributed by atoms with Crippen molar-refractivity contribution in [2.24, 2.45) is 0 Å². The van der Waals surface area contributed by atoms with Gasteiger partial charge in [-0.05, 0) is 42.3 Å². The van der Waals surface area contributed by atoms with Gasteiger partial charge in [0.15, 0.2) is 0 Å². The number of carbonyl (C=O) groups excluding carboxylic acids is 1. The molecule has 2 aromatic carbocycles. The van der Waals surface area contributed by atoms with Gasteiger partial charge in [-0.3, -0.25) is 4.79 Å². The molecule has 0 heterocycles. The molecule has 0 amide bonds. The predicted molar refractivity (Wildman–Crippen MR) is 102 cm³/mol. The van der Waals surface area contributed by atoms with E-state index in [0.29, 0.717) is 18.2 Å². The molecule has 1 unspecified atom stereocenters. The van der Waals surface area contributed by atoms with E-state index in [1.807, 2.05) is 43.3 Å². The molecular formula is C20H24ClNO4. The molecule has 26 heavy (non-hydrogen) atoms. The summed E-state index contributed by atoms with van der Waals surface area (Å²) in [7, 11) is 1.37. The van der Waals surface area contributed by atoms with Crippen molar-refractivity contribution in [3.05, 3.63) is 64.7 Å². The highest BCUT2D eigenvalue weighted by Crippen LogP contribution is 2.17. The summed E-state index contributed by atoms with van der Waals surface area (Å²) in [6.07, 6.45) is -0.385. The van der Waals surface area contributed by atoms with Crippen molar-refractivity contribution in [2.45, 2.75) is 25.5 Å². The van der Waals surface area contributed by atoms with Gasteiger partial charge in [0, 0.05) is 17.6 Å². The SMILES string of the molecule is COC(=O)Cc1ccc(OC[C@@H](C)NCC(O)c2cccc(Cl)c2)cc1. The quantitative estimate of drug-likeness (QED) is 0.657. The highest BCUT2D eigenvalue weighted by molar-refractivity contribution is 6.30. The molecule has 140 valence electrons. The van der Waals surface area contributed by atoms with Crippen molar-refractivity contribution < 1.29 is 19.4 Å². The van der Waals surface area contributed by atoms with Crippen molar-refractivity contribution >= 4 is 17.6 Å². The number of halogens is 1. The number of hydrogen-bond acceptors (Lipinski definition) is 5. The van der Waals surface area contributed by atoms with E-state index in [1.165, 1.54) is 7.11 Å². The third-order valence-corrected chi connectivity index (χ3v) is 4.13. The van der Waals surface area contributed by atoms with Gasteiger partial charge in [-0.25, -0.2) is 0 Å². The number of methoxy groups -OCH3 is 1. The van der Waals surface area contributed by atoms with Crippen LogP contribution in [0.15, 0.2) is 48.5 Å². The van der Waals surface area contributed by atoms with Crippen LogP contribution >= 0.6 is 11.6 Å². The fourth-order valence-electron chi connectivity index (χ4n) is 2.37. The first kappa shape index (κ1) is 20.2. The Morgan fingerprint density at radius 1 is 1.23 bits per heavy atom. The van der Waals surface area contributed by atoms with Gasteiger partial charge in [-0.15, -0.1) is 0 Å². The summed E-state index contributed by atoms with van der Waals surface area (Å²) >= 11 is 5.94. The molecule has 0 aliphatic rings. The summed E-state index contributed by atoms with van der Waals surface area (Å²) in [5.41, 5.74) is 1.65. The lowest BCUT2D eigenvalue weighted by Crippen LogP contribution is -2.34. The molecule has 0 bridgehead atoms. The van der Waals surface area contributed by atoms with Gasteiger partial charge >= 0.3 is 5.97 Å². The summed E-state index contributed by atoms with van der Waals surface area (Å²) in [5, 5.41) is 14.0. The maximum absolute atomic E-state index is 11.2. The van der Waals surface area contributed by atoms with E-state index in [9.17, 15) is 9.90 Å².